The van der Waals surface area contributed by atoms with Crippen LogP contribution in [0, 0.1) is 0 Å². The van der Waals surface area contributed by atoms with Crippen LogP contribution in [0.1, 0.15) is 0 Å². The number of nitrogens with one attached hydrogen (secondary N) is 1. The molecule has 0 aliphatic rings. The molecule has 0 bridgehead atoms. The summed E-state index contributed by atoms with van der Waals surface area (Å²) in [7, 11) is 0. The van der Waals surface area contributed by atoms with Gasteiger partial charge in [0.05, 0.1) is 5.69 Å². The molecule has 1 heterocycles. The van der Waals surface area contributed by atoms with Gasteiger partial charge < -0.3 is 5.73 Å². The lowest BCUT2D eigenvalue weighted by Crippen LogP contribution is -1.97. The van der Waals surface area contributed by atoms with Gasteiger partial charge in [-0.25, -0.2) is 4.98 Å². The summed E-state index contributed by atoms with van der Waals surface area (Å²) >= 11 is 0. The van der Waals surface area contributed by atoms with Crippen LogP contribution in [-0.4, -0.2) is 10.2 Å². The molecular weight excluding hydrogens is 118 g/mol. The van der Waals surface area contributed by atoms with E-state index in [1.165, 1.54) is 6.20 Å². The number of rotatable bonds is 1. The Labute approximate surface area is 52.3 Å². The van der Waals surface area contributed by atoms with Gasteiger partial charge in [-0.3, -0.25) is 10.7 Å². The highest BCUT2D eigenvalue weighted by Crippen LogP contribution is 2.10. The van der Waals surface area contributed by atoms with E-state index in [9.17, 15) is 0 Å². The second-order valence-corrected chi connectivity index (χ2v) is 1.55. The minimum absolute atomic E-state index is 0.289. The fraction of sp³-hybridized carbons (Fsp3) is 0. The van der Waals surface area contributed by atoms with Gasteiger partial charge in [-0.15, -0.1) is 0 Å². The van der Waals surface area contributed by atoms with Gasteiger partial charge in [0.1, 0.15) is 0 Å². The van der Waals surface area contributed by atoms with Crippen molar-refractivity contribution in [1.82, 2.24) is 4.98 Å². The molecule has 0 amide bonds. The van der Waals surface area contributed by atoms with Crippen LogP contribution < -0.4 is 11.2 Å². The second kappa shape index (κ2) is 2.32. The molecule has 1 rings (SSSR count). The normalized spacial score (nSPS) is 9.00. The van der Waals surface area contributed by atoms with E-state index in [0.717, 1.165) is 0 Å². The molecule has 1 aromatic heterocycles. The topological polar surface area (TPSA) is 71.2 Å². The van der Waals surface area contributed by atoms with Crippen molar-refractivity contribution in [2.75, 3.05) is 11.2 Å². The molecule has 4 N–H and O–H groups in total. The standard InChI is InChI=1S/C5H7N3O/c6-4-2-1-3-7-5(4)8-9/h1-3,9H,6H2,(H,7,8). The number of aromatic nitrogens is 1. The predicted octanol–water partition coefficient (Wildman–Crippen LogP) is 0.465. The Kier molecular flexibility index (Phi) is 1.51. The Morgan fingerprint density at radius 1 is 1.67 bits per heavy atom. The zero-order chi connectivity index (χ0) is 6.69. The molecule has 4 nitrogen and oxygen atoms in total. The Balaban J connectivity index is 3.01. The fourth-order valence-corrected chi connectivity index (χ4v) is 0.511. The Hall–Kier alpha value is -1.29. The zero-order valence-corrected chi connectivity index (χ0v) is 4.70. The van der Waals surface area contributed by atoms with Crippen LogP contribution in [0.5, 0.6) is 0 Å². The summed E-state index contributed by atoms with van der Waals surface area (Å²) in [5, 5.41) is 8.33. The van der Waals surface area contributed by atoms with Crippen molar-refractivity contribution < 1.29 is 5.21 Å². The molecular formula is C5H7N3O. The lowest BCUT2D eigenvalue weighted by Gasteiger charge is -1.98. The predicted molar refractivity (Wildman–Crippen MR) is 34.1 cm³/mol. The third kappa shape index (κ3) is 1.09. The molecule has 0 atom stereocenters. The summed E-state index contributed by atoms with van der Waals surface area (Å²) in [5.41, 5.74) is 7.64. The van der Waals surface area contributed by atoms with Crippen LogP contribution in [0.15, 0.2) is 18.3 Å². The van der Waals surface area contributed by atoms with E-state index in [-0.39, 0.29) is 5.82 Å². The first-order valence-electron chi connectivity index (χ1n) is 2.45. The average Bonchev–Trinajstić information content (AvgIpc) is 1.89. The molecule has 0 spiro atoms. The smallest absolute Gasteiger partial charge is 0.172 e. The second-order valence-electron chi connectivity index (χ2n) is 1.55. The minimum Gasteiger partial charge on any atom is -0.396 e. The van der Waals surface area contributed by atoms with Crippen molar-refractivity contribution in [3.8, 4) is 0 Å². The van der Waals surface area contributed by atoms with E-state index < -0.39 is 0 Å². The summed E-state index contributed by atoms with van der Waals surface area (Å²) < 4.78 is 0. The maximum absolute atomic E-state index is 8.33. The monoisotopic (exact) mass is 125 g/mol. The summed E-state index contributed by atoms with van der Waals surface area (Å²) in [6.07, 6.45) is 1.54. The molecule has 9 heavy (non-hydrogen) atoms. The summed E-state index contributed by atoms with van der Waals surface area (Å²) in [6, 6.07) is 3.34. The summed E-state index contributed by atoms with van der Waals surface area (Å²) in [4.78, 5) is 3.71. The lowest BCUT2D eigenvalue weighted by molar-refractivity contribution is 0.386. The van der Waals surface area contributed by atoms with Gasteiger partial charge in [-0.05, 0) is 12.1 Å². The molecule has 0 radical (unpaired) electrons. The van der Waals surface area contributed by atoms with Crippen LogP contribution in [0.2, 0.25) is 0 Å². The SMILES string of the molecule is Nc1cccnc1NO. The van der Waals surface area contributed by atoms with Crippen molar-refractivity contribution in [3.05, 3.63) is 18.3 Å². The van der Waals surface area contributed by atoms with Crippen LogP contribution >= 0.6 is 0 Å². The van der Waals surface area contributed by atoms with Crippen molar-refractivity contribution in [2.24, 2.45) is 0 Å². The number of anilines is 2. The van der Waals surface area contributed by atoms with Gasteiger partial charge in [0.2, 0.25) is 0 Å². The third-order valence-electron chi connectivity index (χ3n) is 0.945. The maximum atomic E-state index is 8.33. The van der Waals surface area contributed by atoms with Gasteiger partial charge in [-0.2, -0.15) is 0 Å². The van der Waals surface area contributed by atoms with Gasteiger partial charge in [0, 0.05) is 6.20 Å². The van der Waals surface area contributed by atoms with Crippen LogP contribution in [-0.2, 0) is 0 Å². The van der Waals surface area contributed by atoms with E-state index in [1.807, 2.05) is 5.48 Å². The van der Waals surface area contributed by atoms with Crippen LogP contribution in [0.4, 0.5) is 11.5 Å². The highest BCUT2D eigenvalue weighted by molar-refractivity contribution is 5.58. The first-order valence-corrected chi connectivity index (χ1v) is 2.45. The molecule has 0 aliphatic carbocycles. The van der Waals surface area contributed by atoms with E-state index in [2.05, 4.69) is 4.98 Å². The van der Waals surface area contributed by atoms with Gasteiger partial charge in [0.15, 0.2) is 5.82 Å². The van der Waals surface area contributed by atoms with Crippen LogP contribution in [0.25, 0.3) is 0 Å². The molecule has 0 aliphatic heterocycles. The number of hydrogen-bond acceptors (Lipinski definition) is 4. The number of nitrogen functional groups attached to an aromatic ring is 1. The zero-order valence-electron chi connectivity index (χ0n) is 4.70. The van der Waals surface area contributed by atoms with E-state index in [4.69, 9.17) is 10.9 Å². The van der Waals surface area contributed by atoms with E-state index >= 15 is 0 Å². The molecule has 0 aromatic carbocycles. The first-order chi connectivity index (χ1) is 4.34. The molecule has 0 fully saturated rings. The van der Waals surface area contributed by atoms with E-state index in [0.29, 0.717) is 5.69 Å². The quantitative estimate of drug-likeness (QED) is 0.477. The van der Waals surface area contributed by atoms with Crippen molar-refractivity contribution in [2.45, 2.75) is 0 Å². The van der Waals surface area contributed by atoms with Crippen molar-refractivity contribution in [1.29, 1.82) is 0 Å². The maximum Gasteiger partial charge on any atom is 0.172 e. The molecule has 0 unspecified atom stereocenters. The molecule has 0 saturated carbocycles. The third-order valence-corrected chi connectivity index (χ3v) is 0.945. The molecule has 0 saturated heterocycles. The first kappa shape index (κ1) is 5.84. The Morgan fingerprint density at radius 2 is 2.44 bits per heavy atom. The fourth-order valence-electron chi connectivity index (χ4n) is 0.511. The number of pyridine rings is 1. The largest absolute Gasteiger partial charge is 0.396 e. The number of nitrogens with two attached hydrogens (primary N) is 1. The van der Waals surface area contributed by atoms with Crippen molar-refractivity contribution in [3.63, 3.8) is 0 Å². The molecule has 1 aromatic rings. The van der Waals surface area contributed by atoms with Gasteiger partial charge in [0.25, 0.3) is 0 Å². The minimum atomic E-state index is 0.289. The number of hydrogen-bond donors (Lipinski definition) is 3. The van der Waals surface area contributed by atoms with E-state index in [1.54, 1.807) is 12.1 Å². The molecule has 48 valence electrons. The Bertz CT molecular complexity index is 201. The summed E-state index contributed by atoms with van der Waals surface area (Å²) in [6.45, 7) is 0. The number of nitrogens with zero attached hydrogens (tertiary/aromatic N) is 1. The molecule has 4 heteroatoms. The highest BCUT2D eigenvalue weighted by Gasteiger charge is 1.92. The van der Waals surface area contributed by atoms with Crippen LogP contribution in [0.3, 0.4) is 0 Å². The highest BCUT2D eigenvalue weighted by atomic mass is 16.5. The Morgan fingerprint density at radius 3 is 2.89 bits per heavy atom. The summed E-state index contributed by atoms with van der Waals surface area (Å²) in [5.74, 6) is 0.289. The lowest BCUT2D eigenvalue weighted by atomic mass is 10.4. The van der Waals surface area contributed by atoms with Crippen molar-refractivity contribution >= 4 is 11.5 Å². The van der Waals surface area contributed by atoms with Gasteiger partial charge >= 0.3 is 0 Å². The average molecular weight is 125 g/mol. The van der Waals surface area contributed by atoms with Gasteiger partial charge in [-0.1, -0.05) is 0 Å².